The highest BCUT2D eigenvalue weighted by Gasteiger charge is 2.31. The Morgan fingerprint density at radius 3 is 2.67 bits per heavy atom. The van der Waals surface area contributed by atoms with Crippen molar-refractivity contribution < 1.29 is 4.74 Å². The number of hydrogen-bond donors (Lipinski definition) is 0. The van der Waals surface area contributed by atoms with Gasteiger partial charge in [0.2, 0.25) is 5.88 Å². The molecular formula is C24H27ClN4O. The Kier molecular flexibility index (Phi) is 5.48. The van der Waals surface area contributed by atoms with E-state index in [2.05, 4.69) is 46.2 Å². The molecule has 1 fully saturated rings. The number of benzene rings is 1. The SMILES string of the molecule is COc1nc(CN2CCCC2)nc2c1CN(C1=C(Cl)C(c3ccccc3)CC=C1)C2. The first-order chi connectivity index (χ1) is 14.7. The summed E-state index contributed by atoms with van der Waals surface area (Å²) in [5.41, 5.74) is 4.47. The number of allylic oxidation sites excluding steroid dienone is 3. The maximum Gasteiger partial charge on any atom is 0.221 e. The lowest BCUT2D eigenvalue weighted by Gasteiger charge is -2.27. The minimum absolute atomic E-state index is 0.204. The molecule has 3 aliphatic rings. The summed E-state index contributed by atoms with van der Waals surface area (Å²) in [4.78, 5) is 14.3. The number of nitrogens with zero attached hydrogens (tertiary/aromatic N) is 4. The van der Waals surface area contributed by atoms with Crippen molar-refractivity contribution in [3.8, 4) is 5.88 Å². The maximum atomic E-state index is 6.94. The van der Waals surface area contributed by atoms with Crippen LogP contribution in [0.2, 0.25) is 0 Å². The largest absolute Gasteiger partial charge is 0.481 e. The number of hydrogen-bond acceptors (Lipinski definition) is 5. The van der Waals surface area contributed by atoms with Crippen molar-refractivity contribution in [1.82, 2.24) is 19.8 Å². The van der Waals surface area contributed by atoms with Crippen molar-refractivity contribution in [1.29, 1.82) is 0 Å². The second-order valence-electron chi connectivity index (χ2n) is 8.25. The summed E-state index contributed by atoms with van der Waals surface area (Å²) in [6, 6.07) is 10.5. The number of likely N-dealkylation sites (tertiary alicyclic amines) is 1. The van der Waals surface area contributed by atoms with Gasteiger partial charge >= 0.3 is 0 Å². The summed E-state index contributed by atoms with van der Waals surface area (Å²) in [7, 11) is 1.70. The van der Waals surface area contributed by atoms with Crippen LogP contribution in [0.3, 0.4) is 0 Å². The highest BCUT2D eigenvalue weighted by Crippen LogP contribution is 2.40. The van der Waals surface area contributed by atoms with Gasteiger partial charge in [-0.3, -0.25) is 4.90 Å². The molecule has 0 saturated carbocycles. The first kappa shape index (κ1) is 19.6. The van der Waals surface area contributed by atoms with Gasteiger partial charge < -0.3 is 9.64 Å². The Morgan fingerprint density at radius 1 is 1.10 bits per heavy atom. The second-order valence-corrected chi connectivity index (χ2v) is 8.66. The van der Waals surface area contributed by atoms with E-state index in [0.29, 0.717) is 5.88 Å². The summed E-state index contributed by atoms with van der Waals surface area (Å²) in [6.45, 7) is 4.51. The molecule has 0 bridgehead atoms. The van der Waals surface area contributed by atoms with E-state index in [-0.39, 0.29) is 5.92 Å². The molecule has 1 aromatic heterocycles. The maximum absolute atomic E-state index is 6.94. The van der Waals surface area contributed by atoms with Crippen molar-refractivity contribution in [2.75, 3.05) is 20.2 Å². The molecule has 2 aromatic rings. The quantitative estimate of drug-likeness (QED) is 0.704. The van der Waals surface area contributed by atoms with Crippen molar-refractivity contribution in [2.24, 2.45) is 0 Å². The zero-order valence-electron chi connectivity index (χ0n) is 17.4. The highest BCUT2D eigenvalue weighted by molar-refractivity contribution is 6.31. The van der Waals surface area contributed by atoms with Gasteiger partial charge in [-0.15, -0.1) is 0 Å². The van der Waals surface area contributed by atoms with Crippen molar-refractivity contribution >= 4 is 11.6 Å². The lowest BCUT2D eigenvalue weighted by atomic mass is 9.91. The van der Waals surface area contributed by atoms with Gasteiger partial charge in [-0.25, -0.2) is 4.98 Å². The predicted molar refractivity (Wildman–Crippen MR) is 118 cm³/mol. The fraction of sp³-hybridized carbons (Fsp3) is 0.417. The van der Waals surface area contributed by atoms with Gasteiger partial charge in [0.1, 0.15) is 5.82 Å². The Morgan fingerprint density at radius 2 is 1.90 bits per heavy atom. The van der Waals surface area contributed by atoms with E-state index in [4.69, 9.17) is 26.3 Å². The Bertz CT molecular complexity index is 982. The first-order valence-electron chi connectivity index (χ1n) is 10.7. The molecule has 6 heteroatoms. The van der Waals surface area contributed by atoms with Gasteiger partial charge in [0, 0.05) is 11.0 Å². The average molecular weight is 423 g/mol. The second kappa shape index (κ2) is 8.40. The lowest BCUT2D eigenvalue weighted by Crippen LogP contribution is -2.21. The Balaban J connectivity index is 1.41. The number of ether oxygens (including phenoxy) is 1. The van der Waals surface area contributed by atoms with Crippen molar-refractivity contribution in [3.05, 3.63) is 75.9 Å². The van der Waals surface area contributed by atoms with Gasteiger partial charge in [-0.1, -0.05) is 48.0 Å². The number of methoxy groups -OCH3 is 1. The number of halogens is 1. The van der Waals surface area contributed by atoms with Gasteiger partial charge in [0.15, 0.2) is 0 Å². The van der Waals surface area contributed by atoms with Crippen LogP contribution in [0.1, 0.15) is 47.8 Å². The number of rotatable bonds is 5. The summed E-state index contributed by atoms with van der Waals surface area (Å²) in [5, 5.41) is 0.903. The monoisotopic (exact) mass is 422 g/mol. The molecule has 0 spiro atoms. The third kappa shape index (κ3) is 3.72. The third-order valence-electron chi connectivity index (χ3n) is 6.29. The smallest absolute Gasteiger partial charge is 0.221 e. The topological polar surface area (TPSA) is 41.5 Å². The molecule has 2 aliphatic heterocycles. The average Bonchev–Trinajstić information content (AvgIpc) is 3.44. The molecule has 0 radical (unpaired) electrons. The summed E-state index contributed by atoms with van der Waals surface area (Å²) < 4.78 is 5.65. The predicted octanol–water partition coefficient (Wildman–Crippen LogP) is 4.59. The summed E-state index contributed by atoms with van der Waals surface area (Å²) in [6.07, 6.45) is 7.83. The molecule has 0 amide bonds. The van der Waals surface area contributed by atoms with E-state index in [1.807, 2.05) is 6.07 Å². The van der Waals surface area contributed by atoms with Crippen LogP contribution in [0.4, 0.5) is 0 Å². The van der Waals surface area contributed by atoms with Crippen LogP contribution in [0.15, 0.2) is 53.2 Å². The summed E-state index contributed by atoms with van der Waals surface area (Å²) in [5.74, 6) is 1.76. The molecular weight excluding hydrogens is 396 g/mol. The Hall–Kier alpha value is -2.37. The molecule has 0 N–H and O–H groups in total. The molecule has 156 valence electrons. The van der Waals surface area contributed by atoms with Crippen LogP contribution in [0.25, 0.3) is 0 Å². The fourth-order valence-electron chi connectivity index (χ4n) is 4.73. The standard InChI is InChI=1S/C24H27ClN4O/c1-30-24-19-14-29(15-20(19)26-22(27-24)16-28-12-5-6-13-28)21-11-7-10-18(23(21)25)17-8-3-2-4-9-17/h2-4,7-9,11,18H,5-6,10,12-16H2,1H3. The van der Waals surface area contributed by atoms with E-state index in [9.17, 15) is 0 Å². The van der Waals surface area contributed by atoms with Crippen LogP contribution in [0, 0.1) is 0 Å². The Labute approximate surface area is 183 Å². The first-order valence-corrected chi connectivity index (χ1v) is 11.1. The van der Waals surface area contributed by atoms with E-state index in [0.717, 1.165) is 67.0 Å². The number of aromatic nitrogens is 2. The highest BCUT2D eigenvalue weighted by atomic mass is 35.5. The lowest BCUT2D eigenvalue weighted by molar-refractivity contribution is 0.317. The van der Waals surface area contributed by atoms with E-state index >= 15 is 0 Å². The van der Waals surface area contributed by atoms with Gasteiger partial charge in [-0.2, -0.15) is 4.98 Å². The molecule has 1 atom stereocenters. The van der Waals surface area contributed by atoms with E-state index in [1.54, 1.807) is 7.11 Å². The normalized spacial score (nSPS) is 21.4. The van der Waals surface area contributed by atoms with Crippen LogP contribution in [0.5, 0.6) is 5.88 Å². The summed E-state index contributed by atoms with van der Waals surface area (Å²) >= 11 is 6.94. The van der Waals surface area contributed by atoms with Gasteiger partial charge in [0.05, 0.1) is 43.7 Å². The fourth-order valence-corrected chi connectivity index (χ4v) is 5.12. The van der Waals surface area contributed by atoms with Crippen LogP contribution >= 0.6 is 11.6 Å². The van der Waals surface area contributed by atoms with E-state index < -0.39 is 0 Å². The molecule has 3 heterocycles. The molecule has 5 nitrogen and oxygen atoms in total. The van der Waals surface area contributed by atoms with Crippen LogP contribution in [-0.2, 0) is 19.6 Å². The molecule has 1 aliphatic carbocycles. The minimum Gasteiger partial charge on any atom is -0.481 e. The molecule has 1 saturated heterocycles. The molecule has 1 aromatic carbocycles. The van der Waals surface area contributed by atoms with Crippen molar-refractivity contribution in [2.45, 2.75) is 44.8 Å². The van der Waals surface area contributed by atoms with Crippen LogP contribution < -0.4 is 4.74 Å². The minimum atomic E-state index is 0.204. The zero-order chi connectivity index (χ0) is 20.5. The van der Waals surface area contributed by atoms with Gasteiger partial charge in [0.25, 0.3) is 0 Å². The van der Waals surface area contributed by atoms with Crippen molar-refractivity contribution in [3.63, 3.8) is 0 Å². The zero-order valence-corrected chi connectivity index (χ0v) is 18.1. The number of fused-ring (bicyclic) bond motifs is 1. The molecule has 30 heavy (non-hydrogen) atoms. The molecule has 1 unspecified atom stereocenters. The third-order valence-corrected chi connectivity index (χ3v) is 6.75. The van der Waals surface area contributed by atoms with Gasteiger partial charge in [-0.05, 0) is 44.0 Å². The molecule has 5 rings (SSSR count). The van der Waals surface area contributed by atoms with Crippen LogP contribution in [-0.4, -0.2) is 40.0 Å². The van der Waals surface area contributed by atoms with E-state index in [1.165, 1.54) is 18.4 Å².